The topological polar surface area (TPSA) is 44.5 Å². The third kappa shape index (κ3) is 1.68. The number of rotatable bonds is 2. The summed E-state index contributed by atoms with van der Waals surface area (Å²) in [5, 5.41) is 0. The summed E-state index contributed by atoms with van der Waals surface area (Å²) in [6, 6.07) is 3.92. The molecule has 0 saturated carbocycles. The monoisotopic (exact) mass is 305 g/mol. The van der Waals surface area contributed by atoms with E-state index in [1.807, 2.05) is 19.1 Å². The van der Waals surface area contributed by atoms with Gasteiger partial charge in [0.25, 0.3) is 0 Å². The minimum absolute atomic E-state index is 0.00702. The maximum absolute atomic E-state index is 5.90. The molecule has 0 amide bonds. The van der Waals surface area contributed by atoms with Gasteiger partial charge in [-0.1, -0.05) is 0 Å². The van der Waals surface area contributed by atoms with Crippen LogP contribution in [0.4, 0.5) is 0 Å². The summed E-state index contributed by atoms with van der Waals surface area (Å²) in [5.41, 5.74) is 7.01. The molecule has 76 valence electrons. The van der Waals surface area contributed by atoms with E-state index in [9.17, 15) is 0 Å². The first kappa shape index (κ1) is 10.0. The van der Waals surface area contributed by atoms with Crippen molar-refractivity contribution in [1.29, 1.82) is 0 Å². The van der Waals surface area contributed by atoms with Gasteiger partial charge in [0.15, 0.2) is 0 Å². The Labute approximate surface area is 96.7 Å². The number of hydrogen-bond donors (Lipinski definition) is 1. The second-order valence-electron chi connectivity index (χ2n) is 3.17. The molecule has 0 bridgehead atoms. The molecule has 0 unspecified atom stereocenters. The number of hydrogen-bond acceptors (Lipinski definition) is 3. The van der Waals surface area contributed by atoms with Crippen LogP contribution >= 0.6 is 22.6 Å². The lowest BCUT2D eigenvalue weighted by Gasteiger charge is -2.08. The van der Waals surface area contributed by atoms with E-state index in [4.69, 9.17) is 15.2 Å². The summed E-state index contributed by atoms with van der Waals surface area (Å²) in [6.45, 7) is 3.20. The number of benzene rings is 1. The minimum Gasteiger partial charge on any atom is -0.494 e. The molecule has 0 aliphatic carbocycles. The van der Waals surface area contributed by atoms with Crippen LogP contribution in [0, 0.1) is 3.57 Å². The Bertz CT molecular complexity index is 354. The van der Waals surface area contributed by atoms with Crippen LogP contribution in [0.3, 0.4) is 0 Å². The van der Waals surface area contributed by atoms with Crippen molar-refractivity contribution in [3.05, 3.63) is 21.3 Å². The Morgan fingerprint density at radius 3 is 3.14 bits per heavy atom. The molecule has 1 aromatic rings. The molecule has 0 spiro atoms. The van der Waals surface area contributed by atoms with Gasteiger partial charge in [0.1, 0.15) is 18.1 Å². The van der Waals surface area contributed by atoms with Gasteiger partial charge < -0.3 is 15.2 Å². The van der Waals surface area contributed by atoms with Crippen molar-refractivity contribution in [1.82, 2.24) is 0 Å². The second-order valence-corrected chi connectivity index (χ2v) is 4.33. The van der Waals surface area contributed by atoms with Gasteiger partial charge in [0.2, 0.25) is 0 Å². The Kier molecular flexibility index (Phi) is 2.83. The van der Waals surface area contributed by atoms with Gasteiger partial charge in [-0.05, 0) is 35.6 Å². The quantitative estimate of drug-likeness (QED) is 0.851. The standard InChI is InChI=1S/C10H12INO2/c1-2-13-6-3-7(11)10-8(12)5-14-9(10)4-6/h3-4,8H,2,5,12H2,1H3/t8-/m0/s1. The van der Waals surface area contributed by atoms with Crippen LogP contribution < -0.4 is 15.2 Å². The molecule has 0 aromatic heterocycles. The molecule has 0 radical (unpaired) electrons. The smallest absolute Gasteiger partial charge is 0.129 e. The molecule has 2 N–H and O–H groups in total. The van der Waals surface area contributed by atoms with Gasteiger partial charge >= 0.3 is 0 Å². The Hall–Kier alpha value is -0.490. The minimum atomic E-state index is 0.00702. The molecule has 4 heteroatoms. The molecule has 0 saturated heterocycles. The van der Waals surface area contributed by atoms with E-state index in [2.05, 4.69) is 22.6 Å². The molecule has 0 fully saturated rings. The second kappa shape index (κ2) is 3.94. The fourth-order valence-electron chi connectivity index (χ4n) is 1.56. The van der Waals surface area contributed by atoms with Gasteiger partial charge in [0.05, 0.1) is 12.6 Å². The average Bonchev–Trinajstić information content (AvgIpc) is 2.48. The first-order valence-corrected chi connectivity index (χ1v) is 5.65. The van der Waals surface area contributed by atoms with Crippen LogP contribution in [0.5, 0.6) is 11.5 Å². The van der Waals surface area contributed by atoms with Gasteiger partial charge in [-0.3, -0.25) is 0 Å². The van der Waals surface area contributed by atoms with E-state index in [-0.39, 0.29) is 6.04 Å². The van der Waals surface area contributed by atoms with Crippen LogP contribution in [0.2, 0.25) is 0 Å². The van der Waals surface area contributed by atoms with Gasteiger partial charge in [-0.15, -0.1) is 0 Å². The molecule has 1 aliphatic rings. The summed E-state index contributed by atoms with van der Waals surface area (Å²) in [4.78, 5) is 0. The average molecular weight is 305 g/mol. The molecule has 3 nitrogen and oxygen atoms in total. The highest BCUT2D eigenvalue weighted by Gasteiger charge is 2.24. The van der Waals surface area contributed by atoms with Crippen molar-refractivity contribution in [3.63, 3.8) is 0 Å². The van der Waals surface area contributed by atoms with E-state index in [1.54, 1.807) is 0 Å². The number of ether oxygens (including phenoxy) is 2. The molecular formula is C10H12INO2. The van der Waals surface area contributed by atoms with Crippen molar-refractivity contribution in [2.24, 2.45) is 5.73 Å². The van der Waals surface area contributed by atoms with Crippen molar-refractivity contribution < 1.29 is 9.47 Å². The highest BCUT2D eigenvalue weighted by Crippen LogP contribution is 2.37. The molecule has 2 rings (SSSR count). The fourth-order valence-corrected chi connectivity index (χ4v) is 2.53. The summed E-state index contributed by atoms with van der Waals surface area (Å²) in [7, 11) is 0. The summed E-state index contributed by atoms with van der Waals surface area (Å²) in [6.07, 6.45) is 0. The molecule has 14 heavy (non-hydrogen) atoms. The highest BCUT2D eigenvalue weighted by atomic mass is 127. The lowest BCUT2D eigenvalue weighted by molar-refractivity contribution is 0.323. The number of halogens is 1. The first-order chi connectivity index (χ1) is 6.72. The van der Waals surface area contributed by atoms with Crippen LogP contribution in [0.25, 0.3) is 0 Å². The van der Waals surface area contributed by atoms with Crippen molar-refractivity contribution in [2.45, 2.75) is 13.0 Å². The first-order valence-electron chi connectivity index (χ1n) is 4.57. The molecular weight excluding hydrogens is 293 g/mol. The number of fused-ring (bicyclic) bond motifs is 1. The van der Waals surface area contributed by atoms with E-state index in [1.165, 1.54) is 0 Å². The number of nitrogens with two attached hydrogens (primary N) is 1. The van der Waals surface area contributed by atoms with Gasteiger partial charge in [-0.2, -0.15) is 0 Å². The largest absolute Gasteiger partial charge is 0.494 e. The Balaban J connectivity index is 2.41. The predicted octanol–water partition coefficient (Wildman–Crippen LogP) is 2.08. The van der Waals surface area contributed by atoms with E-state index in [0.29, 0.717) is 13.2 Å². The summed E-state index contributed by atoms with van der Waals surface area (Å²) < 4.78 is 12.0. The highest BCUT2D eigenvalue weighted by molar-refractivity contribution is 14.1. The van der Waals surface area contributed by atoms with Crippen LogP contribution in [-0.4, -0.2) is 13.2 Å². The zero-order valence-electron chi connectivity index (χ0n) is 7.92. The Morgan fingerprint density at radius 1 is 1.64 bits per heavy atom. The van der Waals surface area contributed by atoms with E-state index >= 15 is 0 Å². The van der Waals surface area contributed by atoms with Crippen LogP contribution in [-0.2, 0) is 0 Å². The van der Waals surface area contributed by atoms with Crippen LogP contribution in [0.15, 0.2) is 12.1 Å². The maximum atomic E-state index is 5.90. The molecule has 1 aliphatic heterocycles. The summed E-state index contributed by atoms with van der Waals surface area (Å²) in [5.74, 6) is 1.72. The van der Waals surface area contributed by atoms with Gasteiger partial charge in [0, 0.05) is 15.2 Å². The van der Waals surface area contributed by atoms with Crippen molar-refractivity contribution >= 4 is 22.6 Å². The Morgan fingerprint density at radius 2 is 2.43 bits per heavy atom. The van der Waals surface area contributed by atoms with Crippen molar-refractivity contribution in [2.75, 3.05) is 13.2 Å². The van der Waals surface area contributed by atoms with E-state index < -0.39 is 0 Å². The third-order valence-corrected chi connectivity index (χ3v) is 3.06. The molecule has 1 atom stereocenters. The van der Waals surface area contributed by atoms with Crippen molar-refractivity contribution in [3.8, 4) is 11.5 Å². The summed E-state index contributed by atoms with van der Waals surface area (Å²) >= 11 is 2.27. The molecule has 1 heterocycles. The lowest BCUT2D eigenvalue weighted by atomic mass is 10.1. The molecule has 1 aromatic carbocycles. The lowest BCUT2D eigenvalue weighted by Crippen LogP contribution is -2.11. The third-order valence-electron chi connectivity index (χ3n) is 2.17. The van der Waals surface area contributed by atoms with Gasteiger partial charge in [-0.25, -0.2) is 0 Å². The SMILES string of the molecule is CCOc1cc(I)c2c(c1)OC[C@@H]2N. The van der Waals surface area contributed by atoms with Crippen LogP contribution in [0.1, 0.15) is 18.5 Å². The maximum Gasteiger partial charge on any atom is 0.129 e. The van der Waals surface area contributed by atoms with E-state index in [0.717, 1.165) is 20.6 Å². The fraction of sp³-hybridized carbons (Fsp3) is 0.400. The predicted molar refractivity (Wildman–Crippen MR) is 62.8 cm³/mol. The normalized spacial score (nSPS) is 18.9. The zero-order valence-corrected chi connectivity index (χ0v) is 10.1. The zero-order chi connectivity index (χ0) is 10.1.